The van der Waals surface area contributed by atoms with Crippen molar-refractivity contribution in [2.24, 2.45) is 0 Å². The molecule has 0 heterocycles. The highest BCUT2D eigenvalue weighted by molar-refractivity contribution is 7.92. The molecule has 3 rings (SSSR count). The number of sulfonamides is 1. The second kappa shape index (κ2) is 10.3. The van der Waals surface area contributed by atoms with Gasteiger partial charge in [0.1, 0.15) is 17.5 Å². The van der Waals surface area contributed by atoms with Gasteiger partial charge in [0.05, 0.1) is 11.9 Å². The van der Waals surface area contributed by atoms with E-state index < -0.39 is 16.1 Å². The van der Waals surface area contributed by atoms with Gasteiger partial charge in [-0.3, -0.25) is 9.10 Å². The van der Waals surface area contributed by atoms with E-state index in [-0.39, 0.29) is 11.8 Å². The van der Waals surface area contributed by atoms with Crippen LogP contribution in [0.3, 0.4) is 0 Å². The van der Waals surface area contributed by atoms with Crippen molar-refractivity contribution in [3.8, 4) is 11.5 Å². The molecule has 168 valence electrons. The number of amides is 1. The van der Waals surface area contributed by atoms with Gasteiger partial charge in [0.15, 0.2) is 0 Å². The van der Waals surface area contributed by atoms with Gasteiger partial charge in [-0.05, 0) is 54.8 Å². The molecule has 0 aromatic heterocycles. The molecular formula is C25H28N2O4S. The average molecular weight is 453 g/mol. The van der Waals surface area contributed by atoms with Crippen LogP contribution < -0.4 is 14.4 Å². The first-order valence-corrected chi connectivity index (χ1v) is 12.3. The molecule has 0 spiro atoms. The molecule has 0 saturated heterocycles. The third-order valence-electron chi connectivity index (χ3n) is 5.11. The lowest BCUT2D eigenvalue weighted by Gasteiger charge is -2.28. The summed E-state index contributed by atoms with van der Waals surface area (Å²) >= 11 is 0. The number of anilines is 1. The van der Waals surface area contributed by atoms with Crippen LogP contribution in [0.4, 0.5) is 5.69 Å². The number of nitrogens with zero attached hydrogens (tertiary/aromatic N) is 1. The zero-order valence-corrected chi connectivity index (χ0v) is 19.2. The first-order valence-electron chi connectivity index (χ1n) is 10.4. The predicted octanol–water partition coefficient (Wildman–Crippen LogP) is 4.55. The Morgan fingerprint density at radius 3 is 1.97 bits per heavy atom. The van der Waals surface area contributed by atoms with Crippen LogP contribution in [0, 0.1) is 0 Å². The molecule has 0 radical (unpaired) electrons. The molecule has 0 aliphatic heterocycles. The zero-order valence-electron chi connectivity index (χ0n) is 18.4. The lowest BCUT2D eigenvalue weighted by atomic mass is 10.0. The topological polar surface area (TPSA) is 75.7 Å². The molecule has 1 amide bonds. The normalized spacial score (nSPS) is 13.1. The van der Waals surface area contributed by atoms with E-state index in [1.165, 1.54) is 0 Å². The summed E-state index contributed by atoms with van der Waals surface area (Å²) in [5.74, 6) is 0.999. The highest BCUT2D eigenvalue weighted by Crippen LogP contribution is 2.27. The van der Waals surface area contributed by atoms with Gasteiger partial charge in [0, 0.05) is 6.54 Å². The number of hydrogen-bond acceptors (Lipinski definition) is 4. The van der Waals surface area contributed by atoms with Crippen LogP contribution in [0.5, 0.6) is 11.5 Å². The highest BCUT2D eigenvalue weighted by atomic mass is 32.2. The van der Waals surface area contributed by atoms with Gasteiger partial charge in [-0.2, -0.15) is 0 Å². The minimum atomic E-state index is -3.69. The fraction of sp³-hybridized carbons (Fsp3) is 0.240. The summed E-state index contributed by atoms with van der Waals surface area (Å²) in [5, 5.41) is 2.88. The number of nitrogens with one attached hydrogen (secondary N) is 1. The maximum atomic E-state index is 12.8. The van der Waals surface area contributed by atoms with Crippen LogP contribution in [0.25, 0.3) is 0 Å². The molecular weight excluding hydrogens is 424 g/mol. The summed E-state index contributed by atoms with van der Waals surface area (Å²) in [6.45, 7) is 4.01. The van der Waals surface area contributed by atoms with Crippen molar-refractivity contribution in [1.29, 1.82) is 0 Å². The average Bonchev–Trinajstić information content (AvgIpc) is 2.79. The minimum absolute atomic E-state index is 0.105. The molecule has 0 bridgehead atoms. The standard InChI is InChI=1S/C25H28N2O4S/c1-19(21-10-6-4-7-11-21)18-26-25(28)20(2)27(32(3,29)30)22-14-16-24(17-15-22)31-23-12-8-5-9-13-23/h4-17,19-20H,18H2,1-3H3,(H,26,28)/t19-,20-/m1/s1. The van der Waals surface area contributed by atoms with E-state index in [0.29, 0.717) is 23.7 Å². The largest absolute Gasteiger partial charge is 0.457 e. The Balaban J connectivity index is 1.70. The summed E-state index contributed by atoms with van der Waals surface area (Å²) in [4.78, 5) is 12.8. The van der Waals surface area contributed by atoms with Gasteiger partial charge >= 0.3 is 0 Å². The van der Waals surface area contributed by atoms with E-state index in [2.05, 4.69) is 5.32 Å². The number of para-hydroxylation sites is 1. The second-order valence-electron chi connectivity index (χ2n) is 7.70. The summed E-state index contributed by atoms with van der Waals surface area (Å²) in [6, 6.07) is 24.9. The number of benzene rings is 3. The van der Waals surface area contributed by atoms with E-state index >= 15 is 0 Å². The van der Waals surface area contributed by atoms with Crippen LogP contribution in [0.15, 0.2) is 84.9 Å². The van der Waals surface area contributed by atoms with Gasteiger partial charge in [-0.15, -0.1) is 0 Å². The molecule has 6 nitrogen and oxygen atoms in total. The van der Waals surface area contributed by atoms with Crippen molar-refractivity contribution in [1.82, 2.24) is 5.32 Å². The van der Waals surface area contributed by atoms with Crippen LogP contribution in [0.2, 0.25) is 0 Å². The third kappa shape index (κ3) is 6.11. The van der Waals surface area contributed by atoms with Crippen molar-refractivity contribution in [3.63, 3.8) is 0 Å². The molecule has 3 aromatic rings. The van der Waals surface area contributed by atoms with E-state index in [0.717, 1.165) is 16.1 Å². The molecule has 2 atom stereocenters. The van der Waals surface area contributed by atoms with Crippen molar-refractivity contribution >= 4 is 21.6 Å². The van der Waals surface area contributed by atoms with Gasteiger partial charge in [0.2, 0.25) is 15.9 Å². The van der Waals surface area contributed by atoms with Crippen LogP contribution in [-0.2, 0) is 14.8 Å². The maximum absolute atomic E-state index is 12.8. The van der Waals surface area contributed by atoms with Crippen LogP contribution in [0.1, 0.15) is 25.3 Å². The Kier molecular flexibility index (Phi) is 7.53. The number of carbonyl (C=O) groups excluding carboxylic acids is 1. The number of hydrogen-bond donors (Lipinski definition) is 1. The molecule has 7 heteroatoms. The fourth-order valence-electron chi connectivity index (χ4n) is 3.40. The van der Waals surface area contributed by atoms with E-state index in [1.807, 2.05) is 67.6 Å². The quantitative estimate of drug-likeness (QED) is 0.517. The van der Waals surface area contributed by atoms with E-state index in [9.17, 15) is 13.2 Å². The predicted molar refractivity (Wildman–Crippen MR) is 128 cm³/mol. The van der Waals surface area contributed by atoms with Gasteiger partial charge in [0.25, 0.3) is 0 Å². The Bertz CT molecular complexity index is 1120. The monoisotopic (exact) mass is 452 g/mol. The van der Waals surface area contributed by atoms with Crippen molar-refractivity contribution in [2.45, 2.75) is 25.8 Å². The smallest absolute Gasteiger partial charge is 0.243 e. The lowest BCUT2D eigenvalue weighted by molar-refractivity contribution is -0.121. The molecule has 0 aliphatic carbocycles. The summed E-state index contributed by atoms with van der Waals surface area (Å²) in [7, 11) is -3.69. The lowest BCUT2D eigenvalue weighted by Crippen LogP contribution is -2.48. The molecule has 0 aliphatic rings. The summed E-state index contributed by atoms with van der Waals surface area (Å²) < 4.78 is 31.9. The van der Waals surface area contributed by atoms with Gasteiger partial charge in [-0.25, -0.2) is 8.42 Å². The molecule has 3 aromatic carbocycles. The van der Waals surface area contributed by atoms with E-state index in [1.54, 1.807) is 31.2 Å². The first-order chi connectivity index (χ1) is 15.3. The first kappa shape index (κ1) is 23.3. The zero-order chi connectivity index (χ0) is 23.1. The number of ether oxygens (including phenoxy) is 1. The SMILES string of the molecule is C[C@H](CNC(=O)[C@@H](C)N(c1ccc(Oc2ccccc2)cc1)S(C)(=O)=O)c1ccccc1. The highest BCUT2D eigenvalue weighted by Gasteiger charge is 2.29. The van der Waals surface area contributed by atoms with Crippen LogP contribution in [-0.4, -0.2) is 33.2 Å². The Hall–Kier alpha value is -3.32. The second-order valence-corrected chi connectivity index (χ2v) is 9.56. The van der Waals surface area contributed by atoms with Crippen molar-refractivity contribution in [3.05, 3.63) is 90.5 Å². The van der Waals surface area contributed by atoms with Crippen LogP contribution >= 0.6 is 0 Å². The molecule has 0 fully saturated rings. The van der Waals surface area contributed by atoms with Crippen molar-refractivity contribution < 1.29 is 17.9 Å². The van der Waals surface area contributed by atoms with Gasteiger partial charge < -0.3 is 10.1 Å². The maximum Gasteiger partial charge on any atom is 0.243 e. The third-order valence-corrected chi connectivity index (χ3v) is 6.35. The summed E-state index contributed by atoms with van der Waals surface area (Å²) in [6.07, 6.45) is 1.09. The molecule has 0 unspecified atom stereocenters. The van der Waals surface area contributed by atoms with Gasteiger partial charge in [-0.1, -0.05) is 55.5 Å². The molecule has 32 heavy (non-hydrogen) atoms. The minimum Gasteiger partial charge on any atom is -0.457 e. The molecule has 0 saturated carbocycles. The Labute approximate surface area is 189 Å². The Morgan fingerprint density at radius 2 is 1.41 bits per heavy atom. The van der Waals surface area contributed by atoms with E-state index in [4.69, 9.17) is 4.74 Å². The summed E-state index contributed by atoms with van der Waals surface area (Å²) in [5.41, 5.74) is 1.50. The Morgan fingerprint density at radius 1 is 0.875 bits per heavy atom. The molecule has 1 N–H and O–H groups in total. The van der Waals surface area contributed by atoms with Crippen molar-refractivity contribution in [2.75, 3.05) is 17.1 Å². The fourth-order valence-corrected chi connectivity index (χ4v) is 4.57. The number of rotatable bonds is 9. The number of carbonyl (C=O) groups is 1.